The lowest BCUT2D eigenvalue weighted by Crippen LogP contribution is -2.43. The summed E-state index contributed by atoms with van der Waals surface area (Å²) in [6.45, 7) is 5.23. The van der Waals surface area contributed by atoms with Crippen LogP contribution >= 0.6 is 0 Å². The number of pyridine rings is 1. The Bertz CT molecular complexity index is 532. The maximum absolute atomic E-state index is 12.6. The minimum Gasteiger partial charge on any atom is -0.384 e. The van der Waals surface area contributed by atoms with Crippen molar-refractivity contribution in [1.82, 2.24) is 14.8 Å². The average Bonchev–Trinajstić information content (AvgIpc) is 2.45. The molecule has 0 aliphatic rings. The van der Waals surface area contributed by atoms with E-state index in [1.807, 2.05) is 32.8 Å². The van der Waals surface area contributed by atoms with Crippen LogP contribution in [0.3, 0.4) is 0 Å². The molecular formula is C16H23N3O2. The van der Waals surface area contributed by atoms with Gasteiger partial charge in [0, 0.05) is 37.1 Å². The summed E-state index contributed by atoms with van der Waals surface area (Å²) in [7, 11) is 3.98. The Morgan fingerprint density at radius 3 is 2.71 bits per heavy atom. The third-order valence-corrected chi connectivity index (χ3v) is 3.06. The maximum atomic E-state index is 12.6. The second-order valence-electron chi connectivity index (χ2n) is 5.12. The molecule has 0 saturated heterocycles. The van der Waals surface area contributed by atoms with E-state index in [4.69, 9.17) is 5.11 Å². The zero-order chi connectivity index (χ0) is 15.8. The second-order valence-corrected chi connectivity index (χ2v) is 5.12. The van der Waals surface area contributed by atoms with Gasteiger partial charge in [-0.25, -0.2) is 0 Å². The van der Waals surface area contributed by atoms with Crippen molar-refractivity contribution >= 4 is 5.91 Å². The number of carbonyl (C=O) groups is 1. The van der Waals surface area contributed by atoms with Crippen molar-refractivity contribution in [3.8, 4) is 11.8 Å². The molecule has 1 atom stereocenters. The Labute approximate surface area is 126 Å². The van der Waals surface area contributed by atoms with Crippen molar-refractivity contribution in [2.45, 2.75) is 19.9 Å². The molecule has 1 heterocycles. The topological polar surface area (TPSA) is 56.7 Å². The highest BCUT2D eigenvalue weighted by atomic mass is 16.2. The fraction of sp³-hybridized carbons (Fsp3) is 0.500. The number of aliphatic hydroxyl groups is 1. The number of carbonyl (C=O) groups excluding carboxylic acids is 1. The second kappa shape index (κ2) is 8.40. The monoisotopic (exact) mass is 289 g/mol. The quantitative estimate of drug-likeness (QED) is 0.816. The van der Waals surface area contributed by atoms with E-state index in [1.54, 1.807) is 18.5 Å². The molecule has 1 aromatic heterocycles. The van der Waals surface area contributed by atoms with E-state index < -0.39 is 0 Å². The standard InChI is InChI=1S/C16H23N3O2/c1-5-19(13(2)12-18(3)4)16(21)15-9-14(7-6-8-20)10-17-11-15/h9-11,13,20H,5,8,12H2,1-4H3. The molecule has 1 rings (SSSR count). The van der Waals surface area contributed by atoms with Crippen molar-refractivity contribution < 1.29 is 9.90 Å². The predicted octanol–water partition coefficient (Wildman–Crippen LogP) is 0.838. The number of hydrogen-bond acceptors (Lipinski definition) is 4. The van der Waals surface area contributed by atoms with Crippen molar-refractivity contribution in [2.24, 2.45) is 0 Å². The molecule has 0 aromatic carbocycles. The number of rotatable bonds is 5. The van der Waals surface area contributed by atoms with Gasteiger partial charge in [-0.15, -0.1) is 0 Å². The first-order valence-corrected chi connectivity index (χ1v) is 7.00. The summed E-state index contributed by atoms with van der Waals surface area (Å²) in [5.41, 5.74) is 1.15. The van der Waals surface area contributed by atoms with Crippen LogP contribution in [0.15, 0.2) is 18.5 Å². The summed E-state index contributed by atoms with van der Waals surface area (Å²) in [6, 6.07) is 1.83. The van der Waals surface area contributed by atoms with Gasteiger partial charge in [-0.1, -0.05) is 11.8 Å². The van der Waals surface area contributed by atoms with Gasteiger partial charge in [0.15, 0.2) is 0 Å². The summed E-state index contributed by atoms with van der Waals surface area (Å²) in [4.78, 5) is 20.5. The van der Waals surface area contributed by atoms with Crippen molar-refractivity contribution in [1.29, 1.82) is 0 Å². The number of aliphatic hydroxyl groups excluding tert-OH is 1. The molecular weight excluding hydrogens is 266 g/mol. The first-order valence-electron chi connectivity index (χ1n) is 7.00. The molecule has 1 N–H and O–H groups in total. The van der Waals surface area contributed by atoms with Crippen molar-refractivity contribution in [2.75, 3.05) is 33.8 Å². The van der Waals surface area contributed by atoms with Gasteiger partial charge in [0.25, 0.3) is 5.91 Å². The third kappa shape index (κ3) is 5.18. The zero-order valence-corrected chi connectivity index (χ0v) is 13.1. The number of likely N-dealkylation sites (N-methyl/N-ethyl adjacent to an activating group) is 2. The van der Waals surface area contributed by atoms with Gasteiger partial charge >= 0.3 is 0 Å². The van der Waals surface area contributed by atoms with Crippen LogP contribution in [-0.4, -0.2) is 65.6 Å². The van der Waals surface area contributed by atoms with E-state index in [0.29, 0.717) is 17.7 Å². The lowest BCUT2D eigenvalue weighted by atomic mass is 10.1. The average molecular weight is 289 g/mol. The Kier molecular flexibility index (Phi) is 6.86. The van der Waals surface area contributed by atoms with Gasteiger partial charge in [-0.05, 0) is 34.0 Å². The fourth-order valence-corrected chi connectivity index (χ4v) is 2.22. The molecule has 1 aromatic rings. The lowest BCUT2D eigenvalue weighted by Gasteiger charge is -2.30. The molecule has 0 fully saturated rings. The molecule has 1 unspecified atom stereocenters. The predicted molar refractivity (Wildman–Crippen MR) is 82.9 cm³/mol. The highest BCUT2D eigenvalue weighted by molar-refractivity contribution is 5.94. The van der Waals surface area contributed by atoms with Crippen LogP contribution in [0.5, 0.6) is 0 Å². The minimum atomic E-state index is -0.209. The Morgan fingerprint density at radius 1 is 1.43 bits per heavy atom. The molecule has 5 nitrogen and oxygen atoms in total. The van der Waals surface area contributed by atoms with E-state index in [9.17, 15) is 4.79 Å². The molecule has 0 saturated carbocycles. The maximum Gasteiger partial charge on any atom is 0.255 e. The summed E-state index contributed by atoms with van der Waals surface area (Å²) >= 11 is 0. The fourth-order valence-electron chi connectivity index (χ4n) is 2.22. The number of amides is 1. The molecule has 21 heavy (non-hydrogen) atoms. The molecule has 0 bridgehead atoms. The van der Waals surface area contributed by atoms with E-state index in [0.717, 1.165) is 6.54 Å². The first kappa shape index (κ1) is 17.2. The third-order valence-electron chi connectivity index (χ3n) is 3.06. The SMILES string of the molecule is CCN(C(=O)c1cncc(C#CCO)c1)C(C)CN(C)C. The van der Waals surface area contributed by atoms with Gasteiger partial charge in [0.1, 0.15) is 6.61 Å². The van der Waals surface area contributed by atoms with E-state index >= 15 is 0 Å². The summed E-state index contributed by atoms with van der Waals surface area (Å²) < 4.78 is 0. The molecule has 0 radical (unpaired) electrons. The largest absolute Gasteiger partial charge is 0.384 e. The lowest BCUT2D eigenvalue weighted by molar-refractivity contribution is 0.0678. The van der Waals surface area contributed by atoms with E-state index in [1.165, 1.54) is 0 Å². The smallest absolute Gasteiger partial charge is 0.255 e. The molecule has 5 heteroatoms. The van der Waals surface area contributed by atoms with Crippen LogP contribution in [0.4, 0.5) is 0 Å². The minimum absolute atomic E-state index is 0.0491. The van der Waals surface area contributed by atoms with Crippen LogP contribution < -0.4 is 0 Å². The van der Waals surface area contributed by atoms with Gasteiger partial charge in [-0.2, -0.15) is 0 Å². The number of aromatic nitrogens is 1. The molecule has 0 aliphatic carbocycles. The van der Waals surface area contributed by atoms with Gasteiger partial charge in [0.2, 0.25) is 0 Å². The number of hydrogen-bond donors (Lipinski definition) is 1. The van der Waals surface area contributed by atoms with Crippen LogP contribution in [0.1, 0.15) is 29.8 Å². The highest BCUT2D eigenvalue weighted by Crippen LogP contribution is 2.10. The normalized spacial score (nSPS) is 11.7. The van der Waals surface area contributed by atoms with Gasteiger partial charge in [0.05, 0.1) is 5.56 Å². The Hall–Kier alpha value is -1.90. The van der Waals surface area contributed by atoms with Crippen LogP contribution in [-0.2, 0) is 0 Å². The molecule has 1 amide bonds. The van der Waals surface area contributed by atoms with Crippen molar-refractivity contribution in [3.05, 3.63) is 29.6 Å². The molecule has 0 aliphatic heterocycles. The summed E-state index contributed by atoms with van der Waals surface area (Å²) in [5, 5.41) is 8.72. The summed E-state index contributed by atoms with van der Waals surface area (Å²) in [5.74, 6) is 5.27. The van der Waals surface area contributed by atoms with Crippen molar-refractivity contribution in [3.63, 3.8) is 0 Å². The van der Waals surface area contributed by atoms with E-state index in [-0.39, 0.29) is 18.6 Å². The Morgan fingerprint density at radius 2 is 2.14 bits per heavy atom. The highest BCUT2D eigenvalue weighted by Gasteiger charge is 2.20. The van der Waals surface area contributed by atoms with Gasteiger partial charge < -0.3 is 14.9 Å². The van der Waals surface area contributed by atoms with Crippen LogP contribution in [0.2, 0.25) is 0 Å². The number of nitrogens with zero attached hydrogens (tertiary/aromatic N) is 3. The Balaban J connectivity index is 2.94. The van der Waals surface area contributed by atoms with Gasteiger partial charge in [-0.3, -0.25) is 9.78 Å². The van der Waals surface area contributed by atoms with Crippen LogP contribution in [0.25, 0.3) is 0 Å². The molecule has 0 spiro atoms. The zero-order valence-electron chi connectivity index (χ0n) is 13.1. The first-order chi connectivity index (χ1) is 9.99. The summed E-state index contributed by atoms with van der Waals surface area (Å²) in [6.07, 6.45) is 3.14. The van der Waals surface area contributed by atoms with Crippen LogP contribution in [0, 0.1) is 11.8 Å². The molecule has 114 valence electrons. The van der Waals surface area contributed by atoms with E-state index in [2.05, 4.69) is 21.7 Å².